The number of carbonyl (C=O) groups is 1. The van der Waals surface area contributed by atoms with Crippen molar-refractivity contribution >= 4 is 21.6 Å². The zero-order valence-electron chi connectivity index (χ0n) is 13.5. The van der Waals surface area contributed by atoms with E-state index < -0.39 is 15.9 Å². The second-order valence-corrected chi connectivity index (χ2v) is 6.81. The highest BCUT2D eigenvalue weighted by molar-refractivity contribution is 7.93. The Bertz CT molecular complexity index is 865. The number of sulfonamides is 1. The van der Waals surface area contributed by atoms with Gasteiger partial charge in [-0.15, -0.1) is 0 Å². The maximum absolute atomic E-state index is 13.0. The zero-order valence-corrected chi connectivity index (χ0v) is 14.3. The van der Waals surface area contributed by atoms with E-state index in [1.165, 1.54) is 45.5 Å². The van der Waals surface area contributed by atoms with Crippen molar-refractivity contribution in [2.45, 2.75) is 4.90 Å². The van der Waals surface area contributed by atoms with Crippen molar-refractivity contribution < 1.29 is 22.7 Å². The van der Waals surface area contributed by atoms with Crippen molar-refractivity contribution in [3.05, 3.63) is 48.0 Å². The summed E-state index contributed by atoms with van der Waals surface area (Å²) >= 11 is 0. The van der Waals surface area contributed by atoms with Crippen LogP contribution in [0.2, 0.25) is 0 Å². The number of methoxy groups -OCH3 is 2. The van der Waals surface area contributed by atoms with Crippen molar-refractivity contribution in [1.29, 1.82) is 0 Å². The van der Waals surface area contributed by atoms with Gasteiger partial charge in [0.05, 0.1) is 25.5 Å². The molecule has 8 heteroatoms. The van der Waals surface area contributed by atoms with E-state index in [1.54, 1.807) is 18.2 Å². The normalized spacial score (nSPS) is 11.0. The fourth-order valence-electron chi connectivity index (χ4n) is 2.22. The SMILES string of the molecule is COc1ccc(OC)c(S(=O)(=O)N(C)c2ccccc2C(N)=O)c1. The predicted molar refractivity (Wildman–Crippen MR) is 90.1 cm³/mol. The summed E-state index contributed by atoms with van der Waals surface area (Å²) in [6, 6.07) is 10.6. The Hall–Kier alpha value is -2.74. The zero-order chi connectivity index (χ0) is 17.9. The Kier molecular flexibility index (Phi) is 4.99. The molecule has 2 aromatic rings. The molecular weight excluding hydrogens is 332 g/mol. The van der Waals surface area contributed by atoms with E-state index in [2.05, 4.69) is 0 Å². The molecule has 24 heavy (non-hydrogen) atoms. The molecule has 0 heterocycles. The third-order valence-electron chi connectivity index (χ3n) is 3.52. The molecule has 2 N–H and O–H groups in total. The van der Waals surface area contributed by atoms with Gasteiger partial charge < -0.3 is 15.2 Å². The van der Waals surface area contributed by atoms with Crippen LogP contribution in [0, 0.1) is 0 Å². The second-order valence-electron chi connectivity index (χ2n) is 4.87. The fraction of sp³-hybridized carbons (Fsp3) is 0.188. The molecule has 2 rings (SSSR count). The van der Waals surface area contributed by atoms with Crippen LogP contribution >= 0.6 is 0 Å². The highest BCUT2D eigenvalue weighted by Crippen LogP contribution is 2.33. The van der Waals surface area contributed by atoms with E-state index in [0.717, 1.165) is 4.31 Å². The minimum Gasteiger partial charge on any atom is -0.497 e. The topological polar surface area (TPSA) is 98.9 Å². The Balaban J connectivity index is 2.61. The number of ether oxygens (including phenoxy) is 2. The Morgan fingerprint density at radius 2 is 1.75 bits per heavy atom. The van der Waals surface area contributed by atoms with E-state index in [4.69, 9.17) is 15.2 Å². The lowest BCUT2D eigenvalue weighted by atomic mass is 10.2. The first-order valence-electron chi connectivity index (χ1n) is 6.92. The summed E-state index contributed by atoms with van der Waals surface area (Å²) in [7, 11) is 0.148. The van der Waals surface area contributed by atoms with Gasteiger partial charge in [-0.3, -0.25) is 9.10 Å². The van der Waals surface area contributed by atoms with Gasteiger partial charge in [-0.05, 0) is 24.3 Å². The molecule has 128 valence electrons. The predicted octanol–water partition coefficient (Wildman–Crippen LogP) is 1.63. The summed E-state index contributed by atoms with van der Waals surface area (Å²) in [5.41, 5.74) is 5.61. The lowest BCUT2D eigenvalue weighted by Gasteiger charge is -2.22. The van der Waals surface area contributed by atoms with Gasteiger partial charge in [-0.1, -0.05) is 12.1 Å². The van der Waals surface area contributed by atoms with Crippen molar-refractivity contribution in [2.24, 2.45) is 5.73 Å². The van der Waals surface area contributed by atoms with E-state index >= 15 is 0 Å². The first-order valence-corrected chi connectivity index (χ1v) is 8.36. The number of benzene rings is 2. The number of hydrogen-bond acceptors (Lipinski definition) is 5. The summed E-state index contributed by atoms with van der Waals surface area (Å²) in [6.45, 7) is 0. The van der Waals surface area contributed by atoms with E-state index in [0.29, 0.717) is 5.75 Å². The lowest BCUT2D eigenvalue weighted by molar-refractivity contribution is 0.100. The minimum atomic E-state index is -4.00. The summed E-state index contributed by atoms with van der Waals surface area (Å²) in [6.07, 6.45) is 0. The average molecular weight is 350 g/mol. The molecule has 0 saturated carbocycles. The van der Waals surface area contributed by atoms with Crippen molar-refractivity contribution in [3.63, 3.8) is 0 Å². The van der Waals surface area contributed by atoms with Crippen LogP contribution in [0.5, 0.6) is 11.5 Å². The number of para-hydroxylation sites is 1. The molecule has 0 unspecified atom stereocenters. The number of amides is 1. The largest absolute Gasteiger partial charge is 0.497 e. The molecule has 0 fully saturated rings. The fourth-order valence-corrected chi connectivity index (χ4v) is 3.60. The molecule has 7 nitrogen and oxygen atoms in total. The number of anilines is 1. The van der Waals surface area contributed by atoms with Crippen LogP contribution in [0.25, 0.3) is 0 Å². The van der Waals surface area contributed by atoms with E-state index in [1.807, 2.05) is 0 Å². The Morgan fingerprint density at radius 3 is 2.33 bits per heavy atom. The minimum absolute atomic E-state index is 0.0777. The molecular formula is C16H18N2O5S. The van der Waals surface area contributed by atoms with E-state index in [9.17, 15) is 13.2 Å². The third kappa shape index (κ3) is 3.13. The Morgan fingerprint density at radius 1 is 1.08 bits per heavy atom. The molecule has 0 aromatic heterocycles. The summed E-state index contributed by atoms with van der Waals surface area (Å²) in [5, 5.41) is 0. The quantitative estimate of drug-likeness (QED) is 0.854. The Labute approximate surface area is 140 Å². The maximum atomic E-state index is 13.0. The summed E-state index contributed by atoms with van der Waals surface area (Å²) in [4.78, 5) is 11.5. The highest BCUT2D eigenvalue weighted by atomic mass is 32.2. The van der Waals surface area contributed by atoms with Crippen LogP contribution in [-0.4, -0.2) is 35.6 Å². The van der Waals surface area contributed by atoms with Gasteiger partial charge in [0.15, 0.2) is 0 Å². The number of rotatable bonds is 6. The van der Waals surface area contributed by atoms with Crippen LogP contribution in [0.4, 0.5) is 5.69 Å². The van der Waals surface area contributed by atoms with Crippen molar-refractivity contribution in [2.75, 3.05) is 25.6 Å². The molecule has 0 aliphatic heterocycles. The molecule has 0 atom stereocenters. The average Bonchev–Trinajstić information content (AvgIpc) is 2.60. The molecule has 2 aromatic carbocycles. The van der Waals surface area contributed by atoms with Crippen LogP contribution in [0.15, 0.2) is 47.4 Å². The first kappa shape index (κ1) is 17.6. The molecule has 0 aliphatic rings. The lowest BCUT2D eigenvalue weighted by Crippen LogP contribution is -2.29. The van der Waals surface area contributed by atoms with Crippen LogP contribution < -0.4 is 19.5 Å². The maximum Gasteiger partial charge on any atom is 0.267 e. The summed E-state index contributed by atoms with van der Waals surface area (Å²) < 4.78 is 37.2. The van der Waals surface area contributed by atoms with Crippen LogP contribution in [-0.2, 0) is 10.0 Å². The van der Waals surface area contributed by atoms with Gasteiger partial charge in [0.2, 0.25) is 0 Å². The van der Waals surface area contributed by atoms with Gasteiger partial charge in [0.1, 0.15) is 16.4 Å². The number of primary amides is 1. The summed E-state index contributed by atoms with van der Waals surface area (Å²) in [5.74, 6) is -0.185. The molecule has 1 amide bonds. The molecule has 0 radical (unpaired) electrons. The molecule has 0 saturated heterocycles. The monoisotopic (exact) mass is 350 g/mol. The number of carbonyl (C=O) groups excluding carboxylic acids is 1. The first-order chi connectivity index (χ1) is 11.3. The number of nitrogens with two attached hydrogens (primary N) is 1. The van der Waals surface area contributed by atoms with Crippen LogP contribution in [0.1, 0.15) is 10.4 Å². The van der Waals surface area contributed by atoms with Gasteiger partial charge in [-0.25, -0.2) is 8.42 Å². The number of nitrogens with zero attached hydrogens (tertiary/aromatic N) is 1. The highest BCUT2D eigenvalue weighted by Gasteiger charge is 2.28. The van der Waals surface area contributed by atoms with Gasteiger partial charge in [0, 0.05) is 13.1 Å². The third-order valence-corrected chi connectivity index (χ3v) is 5.31. The smallest absolute Gasteiger partial charge is 0.267 e. The van der Waals surface area contributed by atoms with Gasteiger partial charge in [0.25, 0.3) is 15.9 Å². The molecule has 0 bridgehead atoms. The van der Waals surface area contributed by atoms with Crippen molar-refractivity contribution in [3.8, 4) is 11.5 Å². The van der Waals surface area contributed by atoms with Gasteiger partial charge >= 0.3 is 0 Å². The molecule has 0 spiro atoms. The van der Waals surface area contributed by atoms with Crippen molar-refractivity contribution in [1.82, 2.24) is 0 Å². The standard InChI is InChI=1S/C16H18N2O5S/c1-18(13-7-5-4-6-12(13)16(17)19)24(20,21)15-10-11(22-2)8-9-14(15)23-3/h4-10H,1-3H3,(H2,17,19). The van der Waals surface area contributed by atoms with Crippen LogP contribution in [0.3, 0.4) is 0 Å². The van der Waals surface area contributed by atoms with E-state index in [-0.39, 0.29) is 21.9 Å². The number of hydrogen-bond donors (Lipinski definition) is 1. The second kappa shape index (κ2) is 6.79. The van der Waals surface area contributed by atoms with Gasteiger partial charge in [-0.2, -0.15) is 0 Å². The molecule has 0 aliphatic carbocycles.